The van der Waals surface area contributed by atoms with Gasteiger partial charge in [0.05, 0.1) is 11.9 Å². The Hall–Kier alpha value is -2.30. The first kappa shape index (κ1) is 8.96. The summed E-state index contributed by atoms with van der Waals surface area (Å²) in [5.41, 5.74) is 9.32. The van der Waals surface area contributed by atoms with Crippen molar-refractivity contribution in [3.05, 3.63) is 30.1 Å². The van der Waals surface area contributed by atoms with Crippen LogP contribution in [0.25, 0.3) is 22.1 Å². The second-order valence-corrected chi connectivity index (χ2v) is 3.68. The number of hydrogen-bond donors (Lipinski definition) is 2. The Kier molecular flexibility index (Phi) is 1.73. The SMILES string of the molecule is Cc1noc2ccc(-c3cn[nH]c3N)cc12. The van der Waals surface area contributed by atoms with Gasteiger partial charge < -0.3 is 10.3 Å². The monoisotopic (exact) mass is 214 g/mol. The lowest BCUT2D eigenvalue weighted by Crippen LogP contribution is -1.87. The lowest BCUT2D eigenvalue weighted by molar-refractivity contribution is 0.450. The van der Waals surface area contributed by atoms with Crippen LogP contribution in [-0.2, 0) is 0 Å². The lowest BCUT2D eigenvalue weighted by atomic mass is 10.1. The van der Waals surface area contributed by atoms with Gasteiger partial charge in [0.2, 0.25) is 0 Å². The van der Waals surface area contributed by atoms with Gasteiger partial charge >= 0.3 is 0 Å². The van der Waals surface area contributed by atoms with Crippen molar-refractivity contribution in [1.82, 2.24) is 15.4 Å². The summed E-state index contributed by atoms with van der Waals surface area (Å²) in [7, 11) is 0. The molecule has 0 radical (unpaired) electrons. The number of nitrogens with one attached hydrogen (secondary N) is 1. The van der Waals surface area contributed by atoms with Crippen LogP contribution in [0.4, 0.5) is 5.82 Å². The Morgan fingerprint density at radius 1 is 1.38 bits per heavy atom. The van der Waals surface area contributed by atoms with Crippen molar-refractivity contribution in [3.63, 3.8) is 0 Å². The van der Waals surface area contributed by atoms with Crippen molar-refractivity contribution in [2.45, 2.75) is 6.92 Å². The van der Waals surface area contributed by atoms with Gasteiger partial charge in [0.1, 0.15) is 5.82 Å². The minimum Gasteiger partial charge on any atom is -0.384 e. The van der Waals surface area contributed by atoms with Crippen LogP contribution in [0.2, 0.25) is 0 Å². The molecule has 1 aromatic carbocycles. The number of nitrogen functional groups attached to an aromatic ring is 1. The highest BCUT2D eigenvalue weighted by molar-refractivity contribution is 5.86. The zero-order valence-corrected chi connectivity index (χ0v) is 8.69. The number of aromatic nitrogens is 3. The Bertz CT molecular complexity index is 653. The highest BCUT2D eigenvalue weighted by Gasteiger charge is 2.08. The molecule has 0 spiro atoms. The normalized spacial score (nSPS) is 11.1. The van der Waals surface area contributed by atoms with Gasteiger partial charge in [-0.1, -0.05) is 11.2 Å². The summed E-state index contributed by atoms with van der Waals surface area (Å²) in [6.45, 7) is 1.91. The average Bonchev–Trinajstić information content (AvgIpc) is 2.86. The first-order chi connectivity index (χ1) is 7.75. The molecule has 0 atom stereocenters. The van der Waals surface area contributed by atoms with Crippen molar-refractivity contribution < 1.29 is 4.52 Å². The van der Waals surface area contributed by atoms with Crippen LogP contribution in [0.3, 0.4) is 0 Å². The minimum atomic E-state index is 0.563. The number of aryl methyl sites for hydroxylation is 1. The number of rotatable bonds is 1. The molecule has 0 fully saturated rings. The molecule has 3 rings (SSSR count). The van der Waals surface area contributed by atoms with Gasteiger partial charge in [0.25, 0.3) is 0 Å². The topological polar surface area (TPSA) is 80.7 Å². The van der Waals surface area contributed by atoms with Crippen LogP contribution in [0, 0.1) is 6.92 Å². The summed E-state index contributed by atoms with van der Waals surface area (Å²) in [5, 5.41) is 11.5. The predicted molar refractivity (Wildman–Crippen MR) is 60.7 cm³/mol. The zero-order chi connectivity index (χ0) is 11.1. The van der Waals surface area contributed by atoms with Gasteiger partial charge in [-0.3, -0.25) is 5.10 Å². The van der Waals surface area contributed by atoms with Crippen LogP contribution in [0.1, 0.15) is 5.69 Å². The molecule has 5 heteroatoms. The van der Waals surface area contributed by atoms with E-state index in [2.05, 4.69) is 15.4 Å². The number of nitrogens with two attached hydrogens (primary N) is 1. The molecule has 0 saturated carbocycles. The number of anilines is 1. The Balaban J connectivity index is 2.25. The molecule has 0 aliphatic heterocycles. The fourth-order valence-electron chi connectivity index (χ4n) is 1.75. The van der Waals surface area contributed by atoms with Gasteiger partial charge in [0, 0.05) is 10.9 Å². The molecule has 3 aromatic rings. The summed E-state index contributed by atoms with van der Waals surface area (Å²) in [6, 6.07) is 5.83. The van der Waals surface area contributed by atoms with Crippen LogP contribution in [0.5, 0.6) is 0 Å². The molecule has 2 aromatic heterocycles. The maximum absolute atomic E-state index is 5.77. The largest absolute Gasteiger partial charge is 0.384 e. The lowest BCUT2D eigenvalue weighted by Gasteiger charge is -1.98. The van der Waals surface area contributed by atoms with Crippen molar-refractivity contribution in [3.8, 4) is 11.1 Å². The Morgan fingerprint density at radius 3 is 3.00 bits per heavy atom. The van der Waals surface area contributed by atoms with Gasteiger partial charge in [-0.25, -0.2) is 0 Å². The predicted octanol–water partition coefficient (Wildman–Crippen LogP) is 2.11. The molecule has 0 bridgehead atoms. The van der Waals surface area contributed by atoms with E-state index in [0.29, 0.717) is 5.82 Å². The van der Waals surface area contributed by atoms with E-state index >= 15 is 0 Å². The molecular formula is C11H10N4O. The fraction of sp³-hybridized carbons (Fsp3) is 0.0909. The van der Waals surface area contributed by atoms with Gasteiger partial charge in [-0.15, -0.1) is 0 Å². The van der Waals surface area contributed by atoms with Crippen LogP contribution in [0.15, 0.2) is 28.9 Å². The third kappa shape index (κ3) is 1.18. The fourth-order valence-corrected chi connectivity index (χ4v) is 1.75. The van der Waals surface area contributed by atoms with E-state index < -0.39 is 0 Å². The van der Waals surface area contributed by atoms with E-state index in [0.717, 1.165) is 27.8 Å². The minimum absolute atomic E-state index is 0.563. The molecule has 0 unspecified atom stereocenters. The van der Waals surface area contributed by atoms with E-state index in [9.17, 15) is 0 Å². The third-order valence-electron chi connectivity index (χ3n) is 2.63. The average molecular weight is 214 g/mol. The van der Waals surface area contributed by atoms with Gasteiger partial charge in [-0.2, -0.15) is 5.10 Å². The second kappa shape index (κ2) is 3.10. The van der Waals surface area contributed by atoms with E-state index in [1.54, 1.807) is 6.20 Å². The summed E-state index contributed by atoms with van der Waals surface area (Å²) < 4.78 is 5.15. The van der Waals surface area contributed by atoms with Crippen LogP contribution in [-0.4, -0.2) is 15.4 Å². The Labute approximate surface area is 91.2 Å². The van der Waals surface area contributed by atoms with E-state index in [4.69, 9.17) is 10.3 Å². The number of nitrogens with zero attached hydrogens (tertiary/aromatic N) is 2. The van der Waals surface area contributed by atoms with Crippen LogP contribution < -0.4 is 5.73 Å². The molecule has 0 aliphatic carbocycles. The van der Waals surface area contributed by atoms with Crippen molar-refractivity contribution >= 4 is 16.8 Å². The molecule has 16 heavy (non-hydrogen) atoms. The van der Waals surface area contributed by atoms with Crippen molar-refractivity contribution in [1.29, 1.82) is 0 Å². The first-order valence-corrected chi connectivity index (χ1v) is 4.91. The number of aromatic amines is 1. The van der Waals surface area contributed by atoms with Gasteiger partial charge in [0.15, 0.2) is 5.58 Å². The summed E-state index contributed by atoms with van der Waals surface area (Å²) in [4.78, 5) is 0. The molecule has 3 N–H and O–H groups in total. The van der Waals surface area contributed by atoms with Gasteiger partial charge in [-0.05, 0) is 24.6 Å². The summed E-state index contributed by atoms with van der Waals surface area (Å²) in [5.74, 6) is 0.563. The second-order valence-electron chi connectivity index (χ2n) is 3.68. The number of fused-ring (bicyclic) bond motifs is 1. The smallest absolute Gasteiger partial charge is 0.167 e. The molecule has 0 amide bonds. The third-order valence-corrected chi connectivity index (χ3v) is 2.63. The highest BCUT2D eigenvalue weighted by atomic mass is 16.5. The molecule has 80 valence electrons. The van der Waals surface area contributed by atoms with Crippen LogP contribution >= 0.6 is 0 Å². The van der Waals surface area contributed by atoms with Crippen molar-refractivity contribution in [2.75, 3.05) is 5.73 Å². The zero-order valence-electron chi connectivity index (χ0n) is 8.69. The Morgan fingerprint density at radius 2 is 2.25 bits per heavy atom. The quantitative estimate of drug-likeness (QED) is 0.650. The highest BCUT2D eigenvalue weighted by Crippen LogP contribution is 2.28. The molecule has 5 nitrogen and oxygen atoms in total. The molecular weight excluding hydrogens is 204 g/mol. The number of hydrogen-bond acceptors (Lipinski definition) is 4. The molecule has 2 heterocycles. The maximum Gasteiger partial charge on any atom is 0.167 e. The van der Waals surface area contributed by atoms with E-state index in [-0.39, 0.29) is 0 Å². The van der Waals surface area contributed by atoms with Crippen molar-refractivity contribution in [2.24, 2.45) is 0 Å². The number of H-pyrrole nitrogens is 1. The summed E-state index contributed by atoms with van der Waals surface area (Å²) in [6.07, 6.45) is 1.71. The van der Waals surface area contributed by atoms with E-state index in [1.165, 1.54) is 0 Å². The van der Waals surface area contributed by atoms with E-state index in [1.807, 2.05) is 25.1 Å². The maximum atomic E-state index is 5.77. The molecule has 0 saturated heterocycles. The first-order valence-electron chi connectivity index (χ1n) is 4.91. The standard InChI is InChI=1S/C11H10N4O/c1-6-8-4-7(2-3-10(8)16-15-6)9-5-13-14-11(9)12/h2-5H,1H3,(H3,12,13,14). The summed E-state index contributed by atoms with van der Waals surface area (Å²) >= 11 is 0. The molecule has 0 aliphatic rings. The number of benzene rings is 1.